The van der Waals surface area contributed by atoms with Crippen LogP contribution in [-0.2, 0) is 14.3 Å². The summed E-state index contributed by atoms with van der Waals surface area (Å²) in [5, 5.41) is 8.28. The second-order valence-electron chi connectivity index (χ2n) is 3.30. The summed E-state index contributed by atoms with van der Waals surface area (Å²) in [6.45, 7) is 6.12. The fourth-order valence-corrected chi connectivity index (χ4v) is 2.37. The van der Waals surface area contributed by atoms with Gasteiger partial charge in [-0.25, -0.2) is 9.59 Å². The Balaban J connectivity index is 4.10. The molecule has 0 heterocycles. The summed E-state index contributed by atoms with van der Waals surface area (Å²) in [5.74, 6) is -1.71. The fourth-order valence-electron chi connectivity index (χ4n) is 1.02. The average molecular weight is 216 g/mol. The predicted molar refractivity (Wildman–Crippen MR) is 55.8 cm³/mol. The molecule has 80 valence electrons. The van der Waals surface area contributed by atoms with Crippen molar-refractivity contribution in [2.45, 2.75) is 32.2 Å². The first-order valence-corrected chi connectivity index (χ1v) is 7.56. The van der Waals surface area contributed by atoms with Crippen molar-refractivity contribution >= 4 is 20.7 Å². The number of carbonyl (C=O) groups excluding carboxylic acids is 1. The number of esters is 1. The molecular weight excluding hydrogens is 200 g/mol. The van der Waals surface area contributed by atoms with Crippen molar-refractivity contribution in [2.75, 3.05) is 0 Å². The van der Waals surface area contributed by atoms with E-state index in [2.05, 4.69) is 13.1 Å². The molecular formula is C9H16O4Si. The first-order chi connectivity index (χ1) is 6.47. The van der Waals surface area contributed by atoms with Crippen LogP contribution in [0.5, 0.6) is 0 Å². The number of hydrogen-bond donors (Lipinski definition) is 1. The molecule has 0 aromatic carbocycles. The maximum Gasteiger partial charge on any atom is 0.330 e. The van der Waals surface area contributed by atoms with Crippen LogP contribution in [0.1, 0.15) is 13.3 Å². The number of carboxylic acid groups (broad SMARTS) is 1. The van der Waals surface area contributed by atoms with E-state index in [1.54, 1.807) is 0 Å². The molecule has 0 saturated heterocycles. The Morgan fingerprint density at radius 3 is 2.36 bits per heavy atom. The molecule has 14 heavy (non-hydrogen) atoms. The lowest BCUT2D eigenvalue weighted by molar-refractivity contribution is -0.140. The highest BCUT2D eigenvalue weighted by Gasteiger charge is 2.15. The third kappa shape index (κ3) is 5.53. The number of rotatable bonds is 5. The van der Waals surface area contributed by atoms with Gasteiger partial charge in [-0.05, 0) is 6.42 Å². The van der Waals surface area contributed by atoms with E-state index in [0.717, 1.165) is 18.6 Å². The van der Waals surface area contributed by atoms with E-state index in [0.29, 0.717) is 0 Å². The summed E-state index contributed by atoms with van der Waals surface area (Å²) in [4.78, 5) is 21.2. The molecule has 4 nitrogen and oxygen atoms in total. The smallest absolute Gasteiger partial charge is 0.330 e. The van der Waals surface area contributed by atoms with Crippen molar-refractivity contribution in [1.29, 1.82) is 0 Å². The standard InChI is InChI=1S/C9H16O4Si/c1-4-9(14(2)3)13-8(12)6-5-7(10)11/h5-6,9,14H,4H2,1-3H3,(H,10,11)/b6-5+. The van der Waals surface area contributed by atoms with E-state index in [-0.39, 0.29) is 5.73 Å². The van der Waals surface area contributed by atoms with Crippen molar-refractivity contribution in [3.05, 3.63) is 12.2 Å². The van der Waals surface area contributed by atoms with Gasteiger partial charge in [0.25, 0.3) is 0 Å². The van der Waals surface area contributed by atoms with Gasteiger partial charge in [0.2, 0.25) is 0 Å². The van der Waals surface area contributed by atoms with Crippen LogP contribution in [0, 0.1) is 0 Å². The van der Waals surface area contributed by atoms with Crippen molar-refractivity contribution in [3.8, 4) is 0 Å². The summed E-state index contributed by atoms with van der Waals surface area (Å²) in [6.07, 6.45) is 2.52. The molecule has 0 aromatic heterocycles. The van der Waals surface area contributed by atoms with Gasteiger partial charge in [0, 0.05) is 12.2 Å². The van der Waals surface area contributed by atoms with Gasteiger partial charge in [0.1, 0.15) is 0 Å². The monoisotopic (exact) mass is 216 g/mol. The first-order valence-electron chi connectivity index (χ1n) is 4.59. The van der Waals surface area contributed by atoms with Crippen LogP contribution in [0.2, 0.25) is 13.1 Å². The average Bonchev–Trinajstić information content (AvgIpc) is 2.10. The van der Waals surface area contributed by atoms with E-state index in [1.807, 2.05) is 6.92 Å². The van der Waals surface area contributed by atoms with Gasteiger partial charge in [0.15, 0.2) is 0 Å². The molecule has 1 N–H and O–H groups in total. The lowest BCUT2D eigenvalue weighted by Crippen LogP contribution is -2.29. The minimum absolute atomic E-state index is 0.0130. The molecule has 1 atom stereocenters. The lowest BCUT2D eigenvalue weighted by atomic mass is 10.5. The number of ether oxygens (including phenoxy) is 1. The molecule has 1 unspecified atom stereocenters. The molecule has 0 radical (unpaired) electrons. The van der Waals surface area contributed by atoms with Crippen LogP contribution in [0.4, 0.5) is 0 Å². The number of carbonyl (C=O) groups is 2. The second-order valence-corrected chi connectivity index (χ2v) is 6.53. The molecule has 0 spiro atoms. The normalized spacial score (nSPS) is 13.1. The SMILES string of the molecule is CCC(OC(=O)/C=C/C(=O)O)[SiH](C)C. The Hall–Kier alpha value is -1.10. The zero-order chi connectivity index (χ0) is 11.1. The topological polar surface area (TPSA) is 63.6 Å². The molecule has 0 aliphatic heterocycles. The lowest BCUT2D eigenvalue weighted by Gasteiger charge is -2.17. The Kier molecular flexibility index (Phi) is 5.86. The molecule has 0 fully saturated rings. The highest BCUT2D eigenvalue weighted by atomic mass is 28.3. The summed E-state index contributed by atoms with van der Waals surface area (Å²) >= 11 is 0. The molecule has 0 aliphatic rings. The Bertz CT molecular complexity index is 235. The van der Waals surface area contributed by atoms with Crippen molar-refractivity contribution < 1.29 is 19.4 Å². The second kappa shape index (κ2) is 6.37. The van der Waals surface area contributed by atoms with Crippen LogP contribution in [0.25, 0.3) is 0 Å². The minimum Gasteiger partial charge on any atom is -0.478 e. The van der Waals surface area contributed by atoms with Crippen molar-refractivity contribution in [3.63, 3.8) is 0 Å². The van der Waals surface area contributed by atoms with Crippen molar-refractivity contribution in [1.82, 2.24) is 0 Å². The maximum absolute atomic E-state index is 11.1. The van der Waals surface area contributed by atoms with E-state index < -0.39 is 20.7 Å². The van der Waals surface area contributed by atoms with Crippen LogP contribution >= 0.6 is 0 Å². The number of hydrogen-bond acceptors (Lipinski definition) is 3. The van der Waals surface area contributed by atoms with Crippen LogP contribution in [0.3, 0.4) is 0 Å². The van der Waals surface area contributed by atoms with Crippen LogP contribution in [0.15, 0.2) is 12.2 Å². The van der Waals surface area contributed by atoms with Gasteiger partial charge in [-0.3, -0.25) is 0 Å². The van der Waals surface area contributed by atoms with Gasteiger partial charge >= 0.3 is 11.9 Å². The van der Waals surface area contributed by atoms with E-state index in [1.165, 1.54) is 0 Å². The summed E-state index contributed by atoms with van der Waals surface area (Å²) in [7, 11) is -1.02. The van der Waals surface area contributed by atoms with Gasteiger partial charge < -0.3 is 9.84 Å². The quantitative estimate of drug-likeness (QED) is 0.422. The third-order valence-electron chi connectivity index (χ3n) is 1.78. The Morgan fingerprint density at radius 2 is 2.00 bits per heavy atom. The molecule has 0 amide bonds. The van der Waals surface area contributed by atoms with Gasteiger partial charge in [-0.2, -0.15) is 0 Å². The molecule has 5 heteroatoms. The van der Waals surface area contributed by atoms with E-state index in [4.69, 9.17) is 9.84 Å². The zero-order valence-corrected chi connectivity index (χ0v) is 9.84. The van der Waals surface area contributed by atoms with Gasteiger partial charge in [0.05, 0.1) is 14.5 Å². The Morgan fingerprint density at radius 1 is 1.43 bits per heavy atom. The molecule has 0 rings (SSSR count). The van der Waals surface area contributed by atoms with Gasteiger partial charge in [-0.1, -0.05) is 20.0 Å². The van der Waals surface area contributed by atoms with Gasteiger partial charge in [-0.15, -0.1) is 0 Å². The minimum atomic E-state index is -1.14. The van der Waals surface area contributed by atoms with E-state index in [9.17, 15) is 9.59 Å². The summed E-state index contributed by atoms with van der Waals surface area (Å²) in [6, 6.07) is 0. The third-order valence-corrected chi connectivity index (χ3v) is 3.87. The van der Waals surface area contributed by atoms with Crippen LogP contribution in [-0.4, -0.2) is 31.6 Å². The largest absolute Gasteiger partial charge is 0.478 e. The molecule has 0 saturated carbocycles. The Labute approximate surface area is 85.2 Å². The summed E-state index contributed by atoms with van der Waals surface area (Å²) in [5.41, 5.74) is -0.0130. The fraction of sp³-hybridized carbons (Fsp3) is 0.556. The predicted octanol–water partition coefficient (Wildman–Crippen LogP) is 0.975. The molecule has 0 aliphatic carbocycles. The number of carboxylic acids is 1. The highest BCUT2D eigenvalue weighted by molar-refractivity contribution is 6.57. The zero-order valence-electron chi connectivity index (χ0n) is 8.69. The highest BCUT2D eigenvalue weighted by Crippen LogP contribution is 2.03. The van der Waals surface area contributed by atoms with E-state index >= 15 is 0 Å². The maximum atomic E-state index is 11.1. The summed E-state index contributed by atoms with van der Waals surface area (Å²) < 4.78 is 5.08. The first kappa shape index (κ1) is 12.9. The van der Waals surface area contributed by atoms with Crippen molar-refractivity contribution in [2.24, 2.45) is 0 Å². The number of aliphatic carboxylic acids is 1. The molecule has 0 bridgehead atoms. The van der Waals surface area contributed by atoms with Crippen LogP contribution < -0.4 is 0 Å². The molecule has 0 aromatic rings.